The van der Waals surface area contributed by atoms with E-state index in [1.54, 1.807) is 0 Å². The summed E-state index contributed by atoms with van der Waals surface area (Å²) in [6.45, 7) is 7.23. The molecule has 1 nitrogen and oxygen atoms in total. The highest BCUT2D eigenvalue weighted by Crippen LogP contribution is 2.63. The molecule has 2 aliphatic carbocycles. The van der Waals surface area contributed by atoms with Crippen molar-refractivity contribution >= 4 is 12.8 Å². The van der Waals surface area contributed by atoms with Gasteiger partial charge in [-0.25, -0.2) is 4.31 Å². The molecule has 0 saturated heterocycles. The van der Waals surface area contributed by atoms with Crippen LogP contribution in [0.25, 0.3) is 0 Å². The third kappa shape index (κ3) is 0.992. The molecule has 3 unspecified atom stereocenters. The summed E-state index contributed by atoms with van der Waals surface area (Å²) in [7, 11) is 2.12. The molecular formula is C11H21NS. The molecule has 0 aromatic carbocycles. The number of hydrogen-bond acceptors (Lipinski definition) is 2. The standard InChI is InChI=1S/C11H21NS/c1-10(2)8-5-6-9(7-8)11(10,3)12(4)13/h8-9,13H,5-7H2,1-4H3. The van der Waals surface area contributed by atoms with Gasteiger partial charge in [0, 0.05) is 5.54 Å². The fourth-order valence-corrected chi connectivity index (χ4v) is 4.19. The van der Waals surface area contributed by atoms with Crippen LogP contribution in [0.2, 0.25) is 0 Å². The van der Waals surface area contributed by atoms with Crippen molar-refractivity contribution in [1.29, 1.82) is 0 Å². The fraction of sp³-hybridized carbons (Fsp3) is 1.00. The molecule has 13 heavy (non-hydrogen) atoms. The van der Waals surface area contributed by atoms with Crippen molar-refractivity contribution in [3.05, 3.63) is 0 Å². The van der Waals surface area contributed by atoms with Crippen LogP contribution in [0.1, 0.15) is 40.0 Å². The van der Waals surface area contributed by atoms with E-state index in [4.69, 9.17) is 0 Å². The van der Waals surface area contributed by atoms with Crippen LogP contribution in [0, 0.1) is 17.3 Å². The molecule has 76 valence electrons. The molecule has 0 spiro atoms. The summed E-state index contributed by atoms with van der Waals surface area (Å²) < 4.78 is 2.16. The van der Waals surface area contributed by atoms with Crippen LogP contribution in [0.3, 0.4) is 0 Å². The first-order valence-electron chi connectivity index (χ1n) is 5.33. The highest BCUT2D eigenvalue weighted by atomic mass is 32.1. The molecule has 0 radical (unpaired) electrons. The molecule has 2 rings (SSSR count). The largest absolute Gasteiger partial charge is 0.250 e. The summed E-state index contributed by atoms with van der Waals surface area (Å²) in [4.78, 5) is 0. The Bertz CT molecular complexity index is 224. The van der Waals surface area contributed by atoms with Gasteiger partial charge in [0.15, 0.2) is 0 Å². The van der Waals surface area contributed by atoms with Crippen molar-refractivity contribution in [1.82, 2.24) is 4.31 Å². The molecule has 0 amide bonds. The summed E-state index contributed by atoms with van der Waals surface area (Å²) in [5.74, 6) is 1.80. The Balaban J connectivity index is 2.38. The molecular weight excluding hydrogens is 178 g/mol. The lowest BCUT2D eigenvalue weighted by Crippen LogP contribution is -2.54. The highest BCUT2D eigenvalue weighted by molar-refractivity contribution is 7.77. The first kappa shape index (κ1) is 9.85. The maximum Gasteiger partial charge on any atom is 0.0361 e. The van der Waals surface area contributed by atoms with Crippen molar-refractivity contribution in [3.8, 4) is 0 Å². The van der Waals surface area contributed by atoms with E-state index in [9.17, 15) is 0 Å². The third-order valence-electron chi connectivity index (χ3n) is 5.22. The molecule has 2 heteroatoms. The average molecular weight is 199 g/mol. The van der Waals surface area contributed by atoms with E-state index in [-0.39, 0.29) is 0 Å². The average Bonchev–Trinajstić information content (AvgIpc) is 2.54. The zero-order valence-electron chi connectivity index (χ0n) is 9.17. The van der Waals surface area contributed by atoms with Gasteiger partial charge in [0.1, 0.15) is 0 Å². The first-order valence-corrected chi connectivity index (χ1v) is 5.73. The predicted octanol–water partition coefficient (Wildman–Crippen LogP) is 2.98. The number of rotatable bonds is 1. The molecule has 2 aliphatic rings. The Labute approximate surface area is 87.4 Å². The van der Waals surface area contributed by atoms with E-state index < -0.39 is 0 Å². The molecule has 0 aliphatic heterocycles. The minimum absolute atomic E-state index is 0.305. The van der Waals surface area contributed by atoms with Crippen LogP contribution in [0.4, 0.5) is 0 Å². The smallest absolute Gasteiger partial charge is 0.0361 e. The highest BCUT2D eigenvalue weighted by Gasteiger charge is 2.61. The van der Waals surface area contributed by atoms with Crippen molar-refractivity contribution in [2.24, 2.45) is 17.3 Å². The van der Waals surface area contributed by atoms with Crippen LogP contribution >= 0.6 is 12.8 Å². The lowest BCUT2D eigenvalue weighted by molar-refractivity contribution is 0.0233. The number of nitrogens with zero attached hydrogens (tertiary/aromatic N) is 1. The second-order valence-electron chi connectivity index (χ2n) is 5.60. The van der Waals surface area contributed by atoms with E-state index in [0.717, 1.165) is 11.8 Å². The van der Waals surface area contributed by atoms with E-state index in [1.165, 1.54) is 19.3 Å². The SMILES string of the molecule is CN(S)C1(C)C2CCC(C2)C1(C)C. The second kappa shape index (κ2) is 2.66. The molecule has 0 heterocycles. The zero-order chi connectivity index (χ0) is 9.85. The Hall–Kier alpha value is 0.310. The van der Waals surface area contributed by atoms with E-state index in [2.05, 4.69) is 44.9 Å². The van der Waals surface area contributed by atoms with Crippen LogP contribution in [-0.2, 0) is 0 Å². The quantitative estimate of drug-likeness (QED) is 0.635. The van der Waals surface area contributed by atoms with Gasteiger partial charge in [-0.05, 0) is 50.5 Å². The Kier molecular flexibility index (Phi) is 2.02. The van der Waals surface area contributed by atoms with Gasteiger partial charge in [-0.3, -0.25) is 0 Å². The molecule has 0 aromatic rings. The van der Waals surface area contributed by atoms with Gasteiger partial charge < -0.3 is 0 Å². The lowest BCUT2D eigenvalue weighted by atomic mass is 9.64. The molecule has 2 saturated carbocycles. The van der Waals surface area contributed by atoms with Gasteiger partial charge in [0.25, 0.3) is 0 Å². The summed E-state index contributed by atoms with van der Waals surface area (Å²) in [5, 5.41) is 0. The number of thiol groups is 1. The molecule has 2 fully saturated rings. The zero-order valence-corrected chi connectivity index (χ0v) is 10.1. The van der Waals surface area contributed by atoms with Gasteiger partial charge in [-0.2, -0.15) is 0 Å². The molecule has 0 aromatic heterocycles. The van der Waals surface area contributed by atoms with E-state index >= 15 is 0 Å². The van der Waals surface area contributed by atoms with Crippen molar-refractivity contribution in [2.45, 2.75) is 45.6 Å². The predicted molar refractivity (Wildman–Crippen MR) is 59.8 cm³/mol. The molecule has 3 atom stereocenters. The van der Waals surface area contributed by atoms with Gasteiger partial charge in [0.05, 0.1) is 0 Å². The topological polar surface area (TPSA) is 3.24 Å². The normalized spacial score (nSPS) is 47.5. The maximum absolute atomic E-state index is 4.56. The third-order valence-corrected chi connectivity index (χ3v) is 5.64. The Morgan fingerprint density at radius 1 is 1.15 bits per heavy atom. The Morgan fingerprint density at radius 2 is 1.69 bits per heavy atom. The van der Waals surface area contributed by atoms with Crippen molar-refractivity contribution in [3.63, 3.8) is 0 Å². The van der Waals surface area contributed by atoms with Gasteiger partial charge in [-0.15, -0.1) is 0 Å². The van der Waals surface area contributed by atoms with E-state index in [1.807, 2.05) is 0 Å². The van der Waals surface area contributed by atoms with Crippen LogP contribution < -0.4 is 0 Å². The Morgan fingerprint density at radius 3 is 2.00 bits per heavy atom. The fourth-order valence-electron chi connectivity index (χ4n) is 3.77. The minimum atomic E-state index is 0.305. The van der Waals surface area contributed by atoms with Crippen LogP contribution in [0.15, 0.2) is 0 Å². The second-order valence-corrected chi connectivity index (χ2v) is 6.20. The molecule has 2 bridgehead atoms. The van der Waals surface area contributed by atoms with Crippen molar-refractivity contribution in [2.75, 3.05) is 7.05 Å². The summed E-state index contributed by atoms with van der Waals surface area (Å²) in [5.41, 5.74) is 0.742. The van der Waals surface area contributed by atoms with Gasteiger partial charge in [-0.1, -0.05) is 26.7 Å². The minimum Gasteiger partial charge on any atom is -0.250 e. The van der Waals surface area contributed by atoms with E-state index in [0.29, 0.717) is 11.0 Å². The van der Waals surface area contributed by atoms with Gasteiger partial charge >= 0.3 is 0 Å². The maximum atomic E-state index is 4.56. The monoisotopic (exact) mass is 199 g/mol. The number of fused-ring (bicyclic) bond motifs is 2. The first-order chi connectivity index (χ1) is 5.90. The van der Waals surface area contributed by atoms with Crippen LogP contribution in [0.5, 0.6) is 0 Å². The molecule has 0 N–H and O–H groups in total. The van der Waals surface area contributed by atoms with Gasteiger partial charge in [0.2, 0.25) is 0 Å². The lowest BCUT2D eigenvalue weighted by Gasteiger charge is -2.51. The summed E-state index contributed by atoms with van der Waals surface area (Å²) in [6.07, 6.45) is 4.28. The summed E-state index contributed by atoms with van der Waals surface area (Å²) in [6, 6.07) is 0. The van der Waals surface area contributed by atoms with Crippen LogP contribution in [-0.4, -0.2) is 16.9 Å². The summed E-state index contributed by atoms with van der Waals surface area (Å²) >= 11 is 4.56. The van der Waals surface area contributed by atoms with Crippen molar-refractivity contribution < 1.29 is 0 Å². The number of hydrogen-bond donors (Lipinski definition) is 1.